The van der Waals surface area contributed by atoms with Gasteiger partial charge in [-0.05, 0) is 37.1 Å². The smallest absolute Gasteiger partial charge is 0.319 e. The SMILES string of the molecule is COC(=O)[C@@H]1C(=O)NC(SCC(=O)Nc2cc(Cl)ccc2C)=C(C#N)[C@H]1c1ccc(C)cc1. The van der Waals surface area contributed by atoms with E-state index in [1.165, 1.54) is 7.11 Å². The summed E-state index contributed by atoms with van der Waals surface area (Å²) in [6, 6.07) is 14.5. The van der Waals surface area contributed by atoms with Crippen LogP contribution in [0.3, 0.4) is 0 Å². The van der Waals surface area contributed by atoms with Gasteiger partial charge in [-0.25, -0.2) is 0 Å². The van der Waals surface area contributed by atoms with Crippen molar-refractivity contribution < 1.29 is 19.1 Å². The van der Waals surface area contributed by atoms with Crippen LogP contribution in [0.25, 0.3) is 0 Å². The molecule has 2 atom stereocenters. The summed E-state index contributed by atoms with van der Waals surface area (Å²) >= 11 is 7.03. The number of benzene rings is 2. The number of amides is 2. The minimum Gasteiger partial charge on any atom is -0.468 e. The van der Waals surface area contributed by atoms with Crippen molar-refractivity contribution in [3.05, 3.63) is 74.8 Å². The number of nitrogens with one attached hydrogen (secondary N) is 2. The minimum atomic E-state index is -1.21. The molecule has 1 heterocycles. The highest BCUT2D eigenvalue weighted by Crippen LogP contribution is 2.40. The van der Waals surface area contributed by atoms with Crippen molar-refractivity contribution in [3.63, 3.8) is 0 Å². The van der Waals surface area contributed by atoms with E-state index >= 15 is 0 Å². The Morgan fingerprint density at radius 1 is 1.21 bits per heavy atom. The Morgan fingerprint density at radius 3 is 2.55 bits per heavy atom. The van der Waals surface area contributed by atoms with Gasteiger partial charge < -0.3 is 15.4 Å². The van der Waals surface area contributed by atoms with Crippen LogP contribution in [-0.2, 0) is 19.1 Å². The molecule has 170 valence electrons. The molecule has 3 rings (SSSR count). The fraction of sp³-hybridized carbons (Fsp3) is 0.250. The fourth-order valence-electron chi connectivity index (χ4n) is 3.51. The van der Waals surface area contributed by atoms with Crippen molar-refractivity contribution >= 4 is 46.8 Å². The van der Waals surface area contributed by atoms with Gasteiger partial charge in [0.25, 0.3) is 0 Å². The van der Waals surface area contributed by atoms with Crippen molar-refractivity contribution in [2.75, 3.05) is 18.2 Å². The Labute approximate surface area is 201 Å². The molecule has 33 heavy (non-hydrogen) atoms. The molecule has 0 aliphatic carbocycles. The zero-order valence-electron chi connectivity index (χ0n) is 18.3. The van der Waals surface area contributed by atoms with Gasteiger partial charge in [0.15, 0.2) is 0 Å². The lowest BCUT2D eigenvalue weighted by atomic mass is 9.78. The number of ether oxygens (including phenoxy) is 1. The number of halogens is 1. The number of anilines is 1. The highest BCUT2D eigenvalue weighted by molar-refractivity contribution is 8.03. The van der Waals surface area contributed by atoms with Crippen molar-refractivity contribution in [2.24, 2.45) is 5.92 Å². The molecule has 2 N–H and O–H groups in total. The number of esters is 1. The van der Waals surface area contributed by atoms with E-state index in [-0.39, 0.29) is 22.3 Å². The molecule has 1 aliphatic heterocycles. The van der Waals surface area contributed by atoms with E-state index in [1.54, 1.807) is 30.3 Å². The van der Waals surface area contributed by atoms with Gasteiger partial charge >= 0.3 is 5.97 Å². The predicted octanol–water partition coefficient (Wildman–Crippen LogP) is 4.07. The molecule has 7 nitrogen and oxygen atoms in total. The lowest BCUT2D eigenvalue weighted by Crippen LogP contribution is -2.44. The van der Waals surface area contributed by atoms with Crippen LogP contribution in [0, 0.1) is 31.1 Å². The topological polar surface area (TPSA) is 108 Å². The molecule has 0 fully saturated rings. The summed E-state index contributed by atoms with van der Waals surface area (Å²) in [5, 5.41) is 16.1. The summed E-state index contributed by atoms with van der Waals surface area (Å²) in [6.45, 7) is 3.76. The maximum absolute atomic E-state index is 12.9. The van der Waals surface area contributed by atoms with Gasteiger partial charge in [-0.2, -0.15) is 5.26 Å². The fourth-order valence-corrected chi connectivity index (χ4v) is 4.53. The van der Waals surface area contributed by atoms with Crippen LogP contribution in [0.1, 0.15) is 22.6 Å². The Morgan fingerprint density at radius 2 is 1.91 bits per heavy atom. The lowest BCUT2D eigenvalue weighted by Gasteiger charge is -2.31. The number of hydrogen-bond acceptors (Lipinski definition) is 6. The van der Waals surface area contributed by atoms with E-state index in [4.69, 9.17) is 16.3 Å². The van der Waals surface area contributed by atoms with Gasteiger partial charge in [0.1, 0.15) is 5.92 Å². The molecular formula is C24H22ClN3O4S. The third-order valence-electron chi connectivity index (χ3n) is 5.24. The van der Waals surface area contributed by atoms with E-state index < -0.39 is 23.7 Å². The Kier molecular flexibility index (Phi) is 7.79. The maximum atomic E-state index is 12.9. The quantitative estimate of drug-likeness (QED) is 0.473. The highest BCUT2D eigenvalue weighted by Gasteiger charge is 2.44. The van der Waals surface area contributed by atoms with Gasteiger partial charge in [-0.3, -0.25) is 14.4 Å². The largest absolute Gasteiger partial charge is 0.468 e. The Bertz CT molecular complexity index is 1170. The number of thioether (sulfide) groups is 1. The molecule has 1 aliphatic rings. The number of nitrogens with zero attached hydrogens (tertiary/aromatic N) is 1. The van der Waals surface area contributed by atoms with Crippen LogP contribution in [-0.4, -0.2) is 30.6 Å². The number of methoxy groups -OCH3 is 1. The minimum absolute atomic E-state index is 0.0593. The zero-order chi connectivity index (χ0) is 24.1. The van der Waals surface area contributed by atoms with Crippen LogP contribution < -0.4 is 10.6 Å². The molecule has 0 bridgehead atoms. The normalized spacial score (nSPS) is 17.7. The van der Waals surface area contributed by atoms with Crippen molar-refractivity contribution in [1.82, 2.24) is 5.32 Å². The van der Waals surface area contributed by atoms with E-state index in [1.807, 2.05) is 26.0 Å². The average molecular weight is 484 g/mol. The van der Waals surface area contributed by atoms with Gasteiger partial charge in [0, 0.05) is 16.6 Å². The first-order chi connectivity index (χ1) is 15.7. The number of allylic oxidation sites excluding steroid dienone is 1. The first kappa shape index (κ1) is 24.4. The number of hydrogen-bond donors (Lipinski definition) is 2. The molecule has 2 aromatic carbocycles. The van der Waals surface area contributed by atoms with Crippen LogP contribution >= 0.6 is 23.4 Å². The average Bonchev–Trinajstić information content (AvgIpc) is 2.79. The van der Waals surface area contributed by atoms with Gasteiger partial charge in [0.05, 0.1) is 29.5 Å². The Balaban J connectivity index is 1.89. The number of carbonyl (C=O) groups excluding carboxylic acids is 3. The summed E-state index contributed by atoms with van der Waals surface area (Å²) in [4.78, 5) is 37.8. The monoisotopic (exact) mass is 483 g/mol. The van der Waals surface area contributed by atoms with E-state index in [0.29, 0.717) is 16.3 Å². The highest BCUT2D eigenvalue weighted by atomic mass is 35.5. The summed E-state index contributed by atoms with van der Waals surface area (Å²) in [6.07, 6.45) is 0. The van der Waals surface area contributed by atoms with Crippen LogP contribution in [0.5, 0.6) is 0 Å². The van der Waals surface area contributed by atoms with Gasteiger partial charge in [-0.15, -0.1) is 0 Å². The second kappa shape index (κ2) is 10.6. The lowest BCUT2D eigenvalue weighted by molar-refractivity contribution is -0.150. The van der Waals surface area contributed by atoms with Gasteiger partial charge in [-0.1, -0.05) is 59.3 Å². The van der Waals surface area contributed by atoms with Crippen molar-refractivity contribution in [3.8, 4) is 6.07 Å². The first-order valence-electron chi connectivity index (χ1n) is 10.0. The van der Waals surface area contributed by atoms with E-state index in [9.17, 15) is 19.6 Å². The Hall–Kier alpha value is -3.28. The summed E-state index contributed by atoms with van der Waals surface area (Å²) in [5.41, 5.74) is 3.27. The van der Waals surface area contributed by atoms with E-state index in [2.05, 4.69) is 16.7 Å². The number of nitriles is 1. The second-order valence-corrected chi connectivity index (χ2v) is 8.95. The van der Waals surface area contributed by atoms with Crippen LogP contribution in [0.15, 0.2) is 53.1 Å². The molecule has 0 saturated carbocycles. The molecule has 2 amide bonds. The van der Waals surface area contributed by atoms with E-state index in [0.717, 1.165) is 22.9 Å². The van der Waals surface area contributed by atoms with Gasteiger partial charge in [0.2, 0.25) is 11.8 Å². The maximum Gasteiger partial charge on any atom is 0.319 e. The molecule has 0 unspecified atom stereocenters. The first-order valence-corrected chi connectivity index (χ1v) is 11.4. The number of rotatable bonds is 6. The third-order valence-corrected chi connectivity index (χ3v) is 6.49. The molecule has 0 radical (unpaired) electrons. The molecule has 0 saturated heterocycles. The predicted molar refractivity (Wildman–Crippen MR) is 127 cm³/mol. The van der Waals surface area contributed by atoms with Crippen molar-refractivity contribution in [1.29, 1.82) is 5.26 Å². The molecule has 2 aromatic rings. The third kappa shape index (κ3) is 5.56. The second-order valence-electron chi connectivity index (χ2n) is 7.53. The zero-order valence-corrected chi connectivity index (χ0v) is 19.8. The van der Waals surface area contributed by atoms with Crippen LogP contribution in [0.4, 0.5) is 5.69 Å². The summed E-state index contributed by atoms with van der Waals surface area (Å²) in [5.74, 6) is -3.73. The molecule has 9 heteroatoms. The molecular weight excluding hydrogens is 462 g/mol. The number of carbonyl (C=O) groups is 3. The van der Waals surface area contributed by atoms with Crippen LogP contribution in [0.2, 0.25) is 5.02 Å². The van der Waals surface area contributed by atoms with Crippen molar-refractivity contribution in [2.45, 2.75) is 19.8 Å². The number of aryl methyl sites for hydroxylation is 2. The summed E-state index contributed by atoms with van der Waals surface area (Å²) < 4.78 is 4.84. The standard InChI is InChI=1S/C24H22ClN3O4S/c1-13-4-7-15(8-5-13)20-17(11-26)23(28-22(30)21(20)24(31)32-3)33-12-19(29)27-18-10-16(25)9-6-14(18)2/h4-10,20-21H,12H2,1-3H3,(H,27,29)(H,28,30)/t20-,21+/m1/s1. The molecule has 0 aromatic heterocycles. The molecule has 0 spiro atoms. The summed E-state index contributed by atoms with van der Waals surface area (Å²) in [7, 11) is 1.20.